The monoisotopic (exact) mass is 527 g/mol. The molecular weight excluding hydrogens is 509 g/mol. The molecule has 0 aliphatic carbocycles. The van der Waals surface area contributed by atoms with E-state index in [-0.39, 0.29) is 10.6 Å². The number of nitrogens with one attached hydrogen (secondary N) is 1. The number of pyridine rings is 2. The van der Waals surface area contributed by atoms with Gasteiger partial charge in [0.15, 0.2) is 0 Å². The van der Waals surface area contributed by atoms with Crippen molar-refractivity contribution in [2.45, 2.75) is 0 Å². The molecule has 11 heteroatoms. The van der Waals surface area contributed by atoms with Gasteiger partial charge in [-0.2, -0.15) is 12.7 Å². The Morgan fingerprint density at radius 2 is 1.83 bits per heavy atom. The zero-order valence-corrected chi connectivity index (χ0v) is 20.8. The van der Waals surface area contributed by atoms with Crippen molar-refractivity contribution >= 4 is 61.6 Å². The molecule has 4 aromatic rings. The molecule has 0 saturated carbocycles. The van der Waals surface area contributed by atoms with Gasteiger partial charge in [0.25, 0.3) is 5.91 Å². The molecule has 2 aromatic heterocycles. The molecule has 0 bridgehead atoms. The summed E-state index contributed by atoms with van der Waals surface area (Å²) in [5, 5.41) is 4.36. The van der Waals surface area contributed by atoms with Gasteiger partial charge in [-0.15, -0.1) is 0 Å². The third kappa shape index (κ3) is 4.43. The van der Waals surface area contributed by atoms with Crippen LogP contribution in [0.5, 0.6) is 0 Å². The summed E-state index contributed by atoms with van der Waals surface area (Å²) < 4.78 is 27.4. The van der Waals surface area contributed by atoms with Gasteiger partial charge in [0.2, 0.25) is 0 Å². The van der Waals surface area contributed by atoms with Crippen LogP contribution in [0.25, 0.3) is 22.2 Å². The molecule has 1 amide bonds. The summed E-state index contributed by atoms with van der Waals surface area (Å²) in [5.74, 6) is -0.436. The van der Waals surface area contributed by atoms with Gasteiger partial charge in [0.05, 0.1) is 32.5 Å². The third-order valence-electron chi connectivity index (χ3n) is 5.77. The maximum absolute atomic E-state index is 13.0. The molecule has 2 aromatic carbocycles. The Kier molecular flexibility index (Phi) is 6.10. The van der Waals surface area contributed by atoms with Crippen LogP contribution in [0.1, 0.15) is 10.4 Å². The molecule has 1 saturated heterocycles. The van der Waals surface area contributed by atoms with Gasteiger partial charge in [-0.05, 0) is 54.6 Å². The van der Waals surface area contributed by atoms with E-state index in [4.69, 9.17) is 23.2 Å². The molecule has 178 valence electrons. The van der Waals surface area contributed by atoms with E-state index in [0.29, 0.717) is 40.7 Å². The second-order valence-corrected chi connectivity index (χ2v) is 10.8. The molecule has 0 atom stereocenters. The number of hydrogen-bond donors (Lipinski definition) is 1. The van der Waals surface area contributed by atoms with Crippen molar-refractivity contribution in [1.82, 2.24) is 14.3 Å². The number of aromatic nitrogens is 2. The van der Waals surface area contributed by atoms with E-state index in [1.807, 2.05) is 18.2 Å². The maximum Gasteiger partial charge on any atom is 0.303 e. The van der Waals surface area contributed by atoms with E-state index in [0.717, 1.165) is 10.9 Å². The van der Waals surface area contributed by atoms with Gasteiger partial charge in [0, 0.05) is 49.2 Å². The van der Waals surface area contributed by atoms with Gasteiger partial charge >= 0.3 is 10.2 Å². The summed E-state index contributed by atoms with van der Waals surface area (Å²) in [4.78, 5) is 21.7. The van der Waals surface area contributed by atoms with Crippen molar-refractivity contribution in [2.24, 2.45) is 0 Å². The number of amides is 1. The quantitative estimate of drug-likeness (QED) is 0.409. The highest BCUT2D eigenvalue weighted by atomic mass is 35.5. The molecule has 0 unspecified atom stereocenters. The topological polar surface area (TPSA) is 95.5 Å². The normalized spacial score (nSPS) is 15.5. The molecular formula is C24H19Cl2N5O3S. The lowest BCUT2D eigenvalue weighted by atomic mass is 10.1. The lowest BCUT2D eigenvalue weighted by Gasteiger charge is -2.19. The van der Waals surface area contributed by atoms with Crippen LogP contribution in [0, 0.1) is 0 Å². The molecule has 8 nitrogen and oxygen atoms in total. The summed E-state index contributed by atoms with van der Waals surface area (Å²) in [7, 11) is -2.06. The Labute approximate surface area is 212 Å². The van der Waals surface area contributed by atoms with Gasteiger partial charge in [-0.3, -0.25) is 14.1 Å². The van der Waals surface area contributed by atoms with Crippen molar-refractivity contribution < 1.29 is 13.2 Å². The van der Waals surface area contributed by atoms with E-state index in [2.05, 4.69) is 15.3 Å². The zero-order valence-electron chi connectivity index (χ0n) is 18.4. The average Bonchev–Trinajstić information content (AvgIpc) is 3.11. The number of rotatable bonds is 4. The fourth-order valence-electron chi connectivity index (χ4n) is 3.85. The number of anilines is 2. The van der Waals surface area contributed by atoms with Gasteiger partial charge < -0.3 is 5.32 Å². The summed E-state index contributed by atoms with van der Waals surface area (Å²) in [5.41, 5.74) is 3.23. The Balaban J connectivity index is 1.40. The minimum atomic E-state index is -3.58. The highest BCUT2D eigenvalue weighted by Gasteiger charge is 2.34. The average molecular weight is 528 g/mol. The number of likely N-dealkylation sites (N-methyl/N-ethyl adjacent to an activating group) is 1. The Morgan fingerprint density at radius 1 is 1.00 bits per heavy atom. The minimum Gasteiger partial charge on any atom is -0.322 e. The molecule has 0 radical (unpaired) electrons. The molecule has 35 heavy (non-hydrogen) atoms. The van der Waals surface area contributed by atoms with Crippen molar-refractivity contribution in [3.8, 4) is 11.3 Å². The van der Waals surface area contributed by atoms with Gasteiger partial charge in [-0.1, -0.05) is 23.2 Å². The summed E-state index contributed by atoms with van der Waals surface area (Å²) in [6.45, 7) is 0.692. The summed E-state index contributed by atoms with van der Waals surface area (Å²) in [6, 6.07) is 15.2. The standard InChI is InChI=1S/C24H19Cl2N5O3S/c1-30-10-11-31(35(30,33)34)17-4-5-18(21(26)13-17)24(32)28-16-3-6-20(25)19(12-16)23-7-2-15-14-27-9-8-22(15)29-23/h2-9,12-14H,10-11H2,1H3,(H,28,32). The van der Waals surface area contributed by atoms with Crippen molar-refractivity contribution in [1.29, 1.82) is 0 Å². The number of hydrogen-bond acceptors (Lipinski definition) is 5. The predicted molar refractivity (Wildman–Crippen MR) is 138 cm³/mol. The molecule has 0 spiro atoms. The number of carbonyl (C=O) groups excluding carboxylic acids is 1. The largest absolute Gasteiger partial charge is 0.322 e. The van der Waals surface area contributed by atoms with Gasteiger partial charge in [-0.25, -0.2) is 4.98 Å². The van der Waals surface area contributed by atoms with Crippen molar-refractivity contribution in [2.75, 3.05) is 29.8 Å². The fraction of sp³-hybridized carbons (Fsp3) is 0.125. The van der Waals surface area contributed by atoms with Crippen LogP contribution in [0.4, 0.5) is 11.4 Å². The van der Waals surface area contributed by atoms with E-state index in [9.17, 15) is 13.2 Å². The molecule has 1 N–H and O–H groups in total. The smallest absolute Gasteiger partial charge is 0.303 e. The molecule has 1 aliphatic rings. The highest BCUT2D eigenvalue weighted by Crippen LogP contribution is 2.32. The minimum absolute atomic E-state index is 0.142. The maximum atomic E-state index is 13.0. The van der Waals surface area contributed by atoms with Crippen LogP contribution in [0.3, 0.4) is 0 Å². The SMILES string of the molecule is CN1CCN(c2ccc(C(=O)Nc3ccc(Cl)c(-c4ccc5cnccc5n4)c3)c(Cl)c2)S1(=O)=O. The first kappa shape index (κ1) is 23.5. The lowest BCUT2D eigenvalue weighted by molar-refractivity contribution is 0.102. The Bertz CT molecular complexity index is 1580. The molecule has 3 heterocycles. The van der Waals surface area contributed by atoms with Crippen LogP contribution < -0.4 is 9.62 Å². The van der Waals surface area contributed by atoms with E-state index in [1.54, 1.807) is 36.7 Å². The second kappa shape index (κ2) is 9.09. The number of benzene rings is 2. The van der Waals surface area contributed by atoms with Crippen LogP contribution >= 0.6 is 23.2 Å². The first-order valence-corrected chi connectivity index (χ1v) is 12.7. The van der Waals surface area contributed by atoms with Crippen molar-refractivity contribution in [3.63, 3.8) is 0 Å². The summed E-state index contributed by atoms with van der Waals surface area (Å²) in [6.07, 6.45) is 3.40. The first-order valence-electron chi connectivity index (χ1n) is 10.6. The number of halogens is 2. The second-order valence-electron chi connectivity index (χ2n) is 7.98. The van der Waals surface area contributed by atoms with Crippen LogP contribution in [0.2, 0.25) is 10.0 Å². The van der Waals surface area contributed by atoms with E-state index in [1.165, 1.54) is 27.8 Å². The number of carbonyl (C=O) groups is 1. The lowest BCUT2D eigenvalue weighted by Crippen LogP contribution is -2.30. The number of nitrogens with zero attached hydrogens (tertiary/aromatic N) is 4. The Morgan fingerprint density at radius 3 is 2.57 bits per heavy atom. The predicted octanol–water partition coefficient (Wildman–Crippen LogP) is 4.85. The Hall–Kier alpha value is -3.24. The fourth-order valence-corrected chi connectivity index (χ4v) is 5.67. The van der Waals surface area contributed by atoms with Crippen LogP contribution in [-0.2, 0) is 10.2 Å². The third-order valence-corrected chi connectivity index (χ3v) is 8.33. The first-order chi connectivity index (χ1) is 16.7. The van der Waals surface area contributed by atoms with E-state index < -0.39 is 16.1 Å². The molecule has 5 rings (SSSR count). The molecule has 1 aliphatic heterocycles. The zero-order chi connectivity index (χ0) is 24.7. The van der Waals surface area contributed by atoms with Gasteiger partial charge in [0.1, 0.15) is 0 Å². The van der Waals surface area contributed by atoms with Crippen molar-refractivity contribution in [3.05, 3.63) is 82.6 Å². The molecule has 1 fully saturated rings. The highest BCUT2D eigenvalue weighted by molar-refractivity contribution is 7.90. The summed E-state index contributed by atoms with van der Waals surface area (Å²) >= 11 is 12.8. The number of fused-ring (bicyclic) bond motifs is 1. The van der Waals surface area contributed by atoms with Crippen LogP contribution in [-0.4, -0.2) is 48.7 Å². The van der Waals surface area contributed by atoms with Crippen LogP contribution in [0.15, 0.2) is 67.0 Å². The van der Waals surface area contributed by atoms with E-state index >= 15 is 0 Å².